The Morgan fingerprint density at radius 1 is 1.53 bits per heavy atom. The molecule has 3 rings (SSSR count). The summed E-state index contributed by atoms with van der Waals surface area (Å²) in [7, 11) is 0. The minimum Gasteiger partial charge on any atom is -0.481 e. The van der Waals surface area contributed by atoms with E-state index < -0.39 is 29.3 Å². The van der Waals surface area contributed by atoms with Crippen LogP contribution < -0.4 is 5.73 Å². The Hall–Kier alpha value is -1.61. The number of nitrogens with one attached hydrogen (secondary N) is 1. The lowest BCUT2D eigenvalue weighted by molar-refractivity contribution is -0.145. The predicted octanol–water partition coefficient (Wildman–Crippen LogP) is -0.602. The first kappa shape index (κ1) is 12.4. The van der Waals surface area contributed by atoms with E-state index >= 15 is 0 Å². The quantitative estimate of drug-likeness (QED) is 0.574. The Labute approximate surface area is 111 Å². The SMILES string of the molecule is N[C@@]1(C(=O)O)C[C@H](Sc2ncn[nH]2)C2C1[C@H]2C(=O)O. The summed E-state index contributed by atoms with van der Waals surface area (Å²) in [5.74, 6) is -3.49. The molecule has 0 aromatic carbocycles. The number of H-pyrrole nitrogens is 1. The van der Waals surface area contributed by atoms with Gasteiger partial charge in [0.25, 0.3) is 0 Å². The molecule has 9 heteroatoms. The van der Waals surface area contributed by atoms with E-state index in [0.29, 0.717) is 5.16 Å². The highest BCUT2D eigenvalue weighted by atomic mass is 32.2. The zero-order valence-corrected chi connectivity index (χ0v) is 10.5. The predicted molar refractivity (Wildman–Crippen MR) is 63.3 cm³/mol. The molecule has 0 amide bonds. The molecule has 0 bridgehead atoms. The van der Waals surface area contributed by atoms with Crippen molar-refractivity contribution in [2.45, 2.75) is 22.4 Å². The number of aliphatic carboxylic acids is 2. The number of rotatable bonds is 4. The van der Waals surface area contributed by atoms with E-state index in [1.165, 1.54) is 18.1 Å². The first-order chi connectivity index (χ1) is 8.95. The molecular formula is C10H12N4O4S. The van der Waals surface area contributed by atoms with Crippen molar-refractivity contribution in [2.75, 3.05) is 0 Å². The topological polar surface area (TPSA) is 142 Å². The lowest BCUT2D eigenvalue weighted by Gasteiger charge is -2.23. The van der Waals surface area contributed by atoms with Crippen molar-refractivity contribution in [3.05, 3.63) is 6.33 Å². The maximum absolute atomic E-state index is 11.3. The monoisotopic (exact) mass is 284 g/mol. The van der Waals surface area contributed by atoms with Gasteiger partial charge in [0.05, 0.1) is 5.92 Å². The number of aromatic nitrogens is 3. The second kappa shape index (κ2) is 3.94. The van der Waals surface area contributed by atoms with Gasteiger partial charge in [-0.3, -0.25) is 14.7 Å². The molecule has 0 aliphatic heterocycles. The Balaban J connectivity index is 1.84. The van der Waals surface area contributed by atoms with Crippen molar-refractivity contribution in [3.8, 4) is 0 Å². The lowest BCUT2D eigenvalue weighted by Crippen LogP contribution is -2.50. The Morgan fingerprint density at radius 3 is 2.79 bits per heavy atom. The van der Waals surface area contributed by atoms with Gasteiger partial charge >= 0.3 is 11.9 Å². The highest BCUT2D eigenvalue weighted by Crippen LogP contribution is 2.65. The zero-order chi connectivity index (χ0) is 13.8. The molecule has 0 radical (unpaired) electrons. The number of carboxylic acids is 2. The van der Waals surface area contributed by atoms with Gasteiger partial charge in [-0.1, -0.05) is 11.8 Å². The van der Waals surface area contributed by atoms with Gasteiger partial charge in [0.15, 0.2) is 5.16 Å². The molecule has 1 heterocycles. The molecule has 19 heavy (non-hydrogen) atoms. The first-order valence-corrected chi connectivity index (χ1v) is 6.60. The second-order valence-corrected chi connectivity index (χ2v) is 6.19. The van der Waals surface area contributed by atoms with Crippen molar-refractivity contribution < 1.29 is 19.8 Å². The smallest absolute Gasteiger partial charge is 0.324 e. The van der Waals surface area contributed by atoms with E-state index in [0.717, 1.165) is 0 Å². The van der Waals surface area contributed by atoms with Gasteiger partial charge in [-0.25, -0.2) is 4.98 Å². The molecule has 1 aromatic rings. The van der Waals surface area contributed by atoms with Crippen LogP contribution in [0.4, 0.5) is 0 Å². The summed E-state index contributed by atoms with van der Waals surface area (Å²) in [6.45, 7) is 0. The highest BCUT2D eigenvalue weighted by Gasteiger charge is 2.74. The third kappa shape index (κ3) is 1.72. The van der Waals surface area contributed by atoms with Crippen molar-refractivity contribution >= 4 is 23.7 Å². The Morgan fingerprint density at radius 2 is 2.26 bits per heavy atom. The molecule has 2 unspecified atom stereocenters. The van der Waals surface area contributed by atoms with Gasteiger partial charge in [-0.2, -0.15) is 5.10 Å². The highest BCUT2D eigenvalue weighted by molar-refractivity contribution is 7.99. The van der Waals surface area contributed by atoms with Crippen molar-refractivity contribution in [1.29, 1.82) is 0 Å². The maximum atomic E-state index is 11.3. The summed E-state index contributed by atoms with van der Waals surface area (Å²) < 4.78 is 0. The number of aromatic amines is 1. The fraction of sp³-hybridized carbons (Fsp3) is 0.600. The maximum Gasteiger partial charge on any atom is 0.324 e. The molecule has 2 saturated carbocycles. The van der Waals surface area contributed by atoms with Crippen LogP contribution in [-0.4, -0.2) is 48.1 Å². The number of hydrogen-bond donors (Lipinski definition) is 4. The van der Waals surface area contributed by atoms with Gasteiger partial charge in [-0.15, -0.1) is 0 Å². The van der Waals surface area contributed by atoms with E-state index in [1.54, 1.807) is 0 Å². The zero-order valence-electron chi connectivity index (χ0n) is 9.68. The van der Waals surface area contributed by atoms with E-state index in [1.807, 2.05) is 0 Å². The van der Waals surface area contributed by atoms with E-state index in [-0.39, 0.29) is 17.6 Å². The molecule has 0 spiro atoms. The molecule has 2 aliphatic rings. The molecule has 2 aliphatic carbocycles. The van der Waals surface area contributed by atoms with E-state index in [2.05, 4.69) is 15.2 Å². The molecule has 5 N–H and O–H groups in total. The van der Waals surface area contributed by atoms with E-state index in [9.17, 15) is 14.7 Å². The average Bonchev–Trinajstić information content (AvgIpc) is 2.77. The average molecular weight is 284 g/mol. The second-order valence-electron chi connectivity index (χ2n) is 4.96. The van der Waals surface area contributed by atoms with Crippen LogP contribution in [0.15, 0.2) is 11.5 Å². The Bertz CT molecular complexity index is 536. The standard InChI is InChI=1S/C10H12N4O4S/c11-10(8(17)18)1-3(19-9-12-2-13-14-9)4-5(6(4)10)7(15)16/h2-6H,1,11H2,(H,15,16)(H,17,18)(H,12,13,14)/t3-,4?,5-,6?,10-/m0/s1. The third-order valence-corrected chi connectivity index (χ3v) is 5.18. The summed E-state index contributed by atoms with van der Waals surface area (Å²) in [6, 6.07) is 0. The minimum atomic E-state index is -1.45. The summed E-state index contributed by atoms with van der Waals surface area (Å²) in [4.78, 5) is 26.4. The van der Waals surface area contributed by atoms with Crippen molar-refractivity contribution in [1.82, 2.24) is 15.2 Å². The summed E-state index contributed by atoms with van der Waals surface area (Å²) in [5.41, 5.74) is 4.46. The molecule has 102 valence electrons. The molecule has 8 nitrogen and oxygen atoms in total. The number of fused-ring (bicyclic) bond motifs is 1. The number of nitrogens with zero attached hydrogens (tertiary/aromatic N) is 2. The first-order valence-electron chi connectivity index (χ1n) is 5.72. The van der Waals surface area contributed by atoms with Crippen LogP contribution in [-0.2, 0) is 9.59 Å². The summed E-state index contributed by atoms with van der Waals surface area (Å²) >= 11 is 1.31. The summed E-state index contributed by atoms with van der Waals surface area (Å²) in [5, 5.41) is 25.1. The molecule has 1 aromatic heterocycles. The molecule has 2 fully saturated rings. The number of hydrogen-bond acceptors (Lipinski definition) is 6. The molecule has 5 atom stereocenters. The van der Waals surface area contributed by atoms with Crippen LogP contribution in [0, 0.1) is 17.8 Å². The number of carboxylic acid groups (broad SMARTS) is 2. The van der Waals surface area contributed by atoms with Crippen LogP contribution in [0.3, 0.4) is 0 Å². The third-order valence-electron chi connectivity index (χ3n) is 3.98. The normalized spacial score (nSPS) is 39.8. The largest absolute Gasteiger partial charge is 0.481 e. The van der Waals surface area contributed by atoms with Crippen LogP contribution in [0.25, 0.3) is 0 Å². The number of carbonyl (C=O) groups is 2. The number of nitrogens with two attached hydrogens (primary N) is 1. The van der Waals surface area contributed by atoms with E-state index in [4.69, 9.17) is 10.8 Å². The fourth-order valence-corrected chi connectivity index (χ4v) is 4.48. The van der Waals surface area contributed by atoms with Gasteiger partial charge in [-0.05, 0) is 12.3 Å². The molecule has 0 saturated heterocycles. The lowest BCUT2D eigenvalue weighted by atomic mass is 9.91. The van der Waals surface area contributed by atoms with Gasteiger partial charge in [0.2, 0.25) is 0 Å². The number of thioether (sulfide) groups is 1. The van der Waals surface area contributed by atoms with Crippen LogP contribution in [0.5, 0.6) is 0 Å². The van der Waals surface area contributed by atoms with Crippen molar-refractivity contribution in [3.63, 3.8) is 0 Å². The van der Waals surface area contributed by atoms with Gasteiger partial charge in [0, 0.05) is 11.2 Å². The Kier molecular flexibility index (Phi) is 2.58. The van der Waals surface area contributed by atoms with Crippen LogP contribution in [0.1, 0.15) is 6.42 Å². The van der Waals surface area contributed by atoms with Crippen LogP contribution in [0.2, 0.25) is 0 Å². The molecular weight excluding hydrogens is 272 g/mol. The van der Waals surface area contributed by atoms with Crippen molar-refractivity contribution in [2.24, 2.45) is 23.5 Å². The van der Waals surface area contributed by atoms with Gasteiger partial charge in [0.1, 0.15) is 11.9 Å². The van der Waals surface area contributed by atoms with Crippen LogP contribution >= 0.6 is 11.8 Å². The fourth-order valence-electron chi connectivity index (χ4n) is 3.13. The minimum absolute atomic E-state index is 0.167. The van der Waals surface area contributed by atoms with Gasteiger partial charge < -0.3 is 15.9 Å². The summed E-state index contributed by atoms with van der Waals surface area (Å²) in [6.07, 6.45) is 1.59.